The fourth-order valence-corrected chi connectivity index (χ4v) is 3.70. The summed E-state index contributed by atoms with van der Waals surface area (Å²) >= 11 is 6.21. The number of nitriles is 1. The van der Waals surface area contributed by atoms with Crippen molar-refractivity contribution in [3.63, 3.8) is 0 Å². The third kappa shape index (κ3) is 2.02. The van der Waals surface area contributed by atoms with E-state index in [-0.39, 0.29) is 11.8 Å². The highest BCUT2D eigenvalue weighted by Gasteiger charge is 2.50. The first-order valence-corrected chi connectivity index (χ1v) is 7.70. The topological polar surface area (TPSA) is 87.7 Å². The molecule has 0 bridgehead atoms. The highest BCUT2D eigenvalue weighted by atomic mass is 35.5. The predicted octanol–water partition coefficient (Wildman–Crippen LogP) is 3.40. The van der Waals surface area contributed by atoms with Gasteiger partial charge < -0.3 is 10.5 Å². The van der Waals surface area contributed by atoms with Crippen molar-refractivity contribution in [2.45, 2.75) is 26.2 Å². The fourth-order valence-electron chi connectivity index (χ4n) is 3.51. The normalized spacial score (nSPS) is 20.2. The van der Waals surface area contributed by atoms with Crippen molar-refractivity contribution in [2.24, 2.45) is 11.7 Å². The minimum absolute atomic E-state index is 0.0353. The van der Waals surface area contributed by atoms with Gasteiger partial charge in [0.25, 0.3) is 0 Å². The molecule has 0 saturated carbocycles. The predicted molar refractivity (Wildman–Crippen MR) is 87.8 cm³/mol. The van der Waals surface area contributed by atoms with Crippen molar-refractivity contribution in [2.75, 3.05) is 0 Å². The van der Waals surface area contributed by atoms with Gasteiger partial charge in [0.1, 0.15) is 11.6 Å². The van der Waals surface area contributed by atoms with Gasteiger partial charge in [-0.1, -0.05) is 37.6 Å². The second-order valence-electron chi connectivity index (χ2n) is 5.94. The number of fused-ring (bicyclic) bond motifs is 1. The number of nitrogens with one attached hydrogen (secondary N) is 1. The van der Waals surface area contributed by atoms with Crippen molar-refractivity contribution in [3.05, 3.63) is 57.6 Å². The first kappa shape index (κ1) is 15.4. The Morgan fingerprint density at radius 1 is 1.43 bits per heavy atom. The first-order valence-electron chi connectivity index (χ1n) is 7.32. The molecule has 0 aliphatic carbocycles. The standard InChI is InChI=1S/C17H17ClN4O/c1-9(2)17(11-5-4-6-12(18)7-11)13(8-19)15(20)23-16-14(17)10(3)21-22-16/h4-7,9H,20H2,1-3H3,(H,21,22). The summed E-state index contributed by atoms with van der Waals surface area (Å²) in [5.74, 6) is 0.609. The number of aryl methyl sites for hydroxylation is 1. The minimum Gasteiger partial charge on any atom is -0.422 e. The number of benzene rings is 1. The van der Waals surface area contributed by atoms with Crippen molar-refractivity contribution >= 4 is 11.6 Å². The Labute approximate surface area is 139 Å². The smallest absolute Gasteiger partial charge is 0.222 e. The summed E-state index contributed by atoms with van der Waals surface area (Å²) < 4.78 is 5.60. The Balaban J connectivity index is 2.46. The average Bonchev–Trinajstić information content (AvgIpc) is 2.86. The lowest BCUT2D eigenvalue weighted by molar-refractivity contribution is 0.323. The molecule has 1 unspecified atom stereocenters. The molecular formula is C17H17ClN4O. The molecule has 0 saturated heterocycles. The van der Waals surface area contributed by atoms with Crippen LogP contribution < -0.4 is 10.5 Å². The molecule has 5 nitrogen and oxygen atoms in total. The van der Waals surface area contributed by atoms with Gasteiger partial charge in [0.05, 0.1) is 16.7 Å². The van der Waals surface area contributed by atoms with Gasteiger partial charge in [0.2, 0.25) is 11.8 Å². The van der Waals surface area contributed by atoms with Gasteiger partial charge in [-0.15, -0.1) is 0 Å². The molecule has 1 atom stereocenters. The van der Waals surface area contributed by atoms with Gasteiger partial charge in [0, 0.05) is 5.02 Å². The van der Waals surface area contributed by atoms with Crippen LogP contribution in [0.2, 0.25) is 5.02 Å². The number of nitrogens with zero attached hydrogens (tertiary/aromatic N) is 2. The molecule has 1 aliphatic heterocycles. The van der Waals surface area contributed by atoms with E-state index in [9.17, 15) is 5.26 Å². The molecule has 2 aromatic rings. The lowest BCUT2D eigenvalue weighted by atomic mass is 9.62. The van der Waals surface area contributed by atoms with Crippen LogP contribution in [0.25, 0.3) is 0 Å². The lowest BCUT2D eigenvalue weighted by Gasteiger charge is -2.40. The van der Waals surface area contributed by atoms with Crippen LogP contribution in [0.5, 0.6) is 5.88 Å². The zero-order valence-electron chi connectivity index (χ0n) is 13.1. The number of H-pyrrole nitrogens is 1. The Bertz CT molecular complexity index is 847. The van der Waals surface area contributed by atoms with Crippen LogP contribution in [0.1, 0.15) is 30.7 Å². The summed E-state index contributed by atoms with van der Waals surface area (Å²) in [4.78, 5) is 0. The van der Waals surface area contributed by atoms with Gasteiger partial charge in [-0.05, 0) is 30.5 Å². The van der Waals surface area contributed by atoms with E-state index in [1.807, 2.05) is 39.0 Å². The quantitative estimate of drug-likeness (QED) is 0.884. The van der Waals surface area contributed by atoms with E-state index in [1.54, 1.807) is 6.07 Å². The van der Waals surface area contributed by atoms with Crippen LogP contribution >= 0.6 is 11.6 Å². The molecule has 118 valence electrons. The maximum atomic E-state index is 9.80. The molecule has 2 heterocycles. The maximum absolute atomic E-state index is 9.80. The number of halogens is 1. The third-order valence-corrected chi connectivity index (χ3v) is 4.65. The number of aromatic amines is 1. The number of aromatic nitrogens is 2. The summed E-state index contributed by atoms with van der Waals surface area (Å²) in [7, 11) is 0. The third-order valence-electron chi connectivity index (χ3n) is 4.42. The molecule has 0 amide bonds. The van der Waals surface area contributed by atoms with Crippen LogP contribution in [0.15, 0.2) is 35.7 Å². The van der Waals surface area contributed by atoms with Crippen molar-refractivity contribution in [3.8, 4) is 11.9 Å². The van der Waals surface area contributed by atoms with E-state index in [4.69, 9.17) is 22.1 Å². The van der Waals surface area contributed by atoms with Crippen molar-refractivity contribution < 1.29 is 4.74 Å². The Morgan fingerprint density at radius 2 is 2.17 bits per heavy atom. The molecule has 0 spiro atoms. The van der Waals surface area contributed by atoms with Crippen molar-refractivity contribution in [1.82, 2.24) is 10.2 Å². The highest BCUT2D eigenvalue weighted by Crippen LogP contribution is 2.52. The second-order valence-corrected chi connectivity index (χ2v) is 6.38. The van der Waals surface area contributed by atoms with E-state index >= 15 is 0 Å². The number of nitrogens with two attached hydrogens (primary N) is 1. The Morgan fingerprint density at radius 3 is 2.78 bits per heavy atom. The van der Waals surface area contributed by atoms with E-state index in [0.717, 1.165) is 16.8 Å². The Kier molecular flexibility index (Phi) is 3.57. The molecule has 0 fully saturated rings. The van der Waals surface area contributed by atoms with Gasteiger partial charge in [-0.3, -0.25) is 0 Å². The van der Waals surface area contributed by atoms with Crippen LogP contribution in [0.3, 0.4) is 0 Å². The Hall–Kier alpha value is -2.45. The molecule has 1 aromatic carbocycles. The van der Waals surface area contributed by atoms with E-state index < -0.39 is 5.41 Å². The van der Waals surface area contributed by atoms with Gasteiger partial charge in [0.15, 0.2) is 0 Å². The van der Waals surface area contributed by atoms with E-state index in [0.29, 0.717) is 16.5 Å². The summed E-state index contributed by atoms with van der Waals surface area (Å²) in [5.41, 5.74) is 8.19. The van der Waals surface area contributed by atoms with E-state index in [1.165, 1.54) is 0 Å². The monoisotopic (exact) mass is 328 g/mol. The van der Waals surface area contributed by atoms with Gasteiger partial charge in [-0.25, -0.2) is 5.10 Å². The molecule has 23 heavy (non-hydrogen) atoms. The number of allylic oxidation sites excluding steroid dienone is 1. The lowest BCUT2D eigenvalue weighted by Crippen LogP contribution is -2.41. The summed E-state index contributed by atoms with van der Waals surface area (Å²) in [6, 6.07) is 9.75. The fraction of sp³-hybridized carbons (Fsp3) is 0.294. The number of ether oxygens (including phenoxy) is 1. The van der Waals surface area contributed by atoms with Crippen LogP contribution in [0, 0.1) is 24.2 Å². The summed E-state index contributed by atoms with van der Waals surface area (Å²) in [6.45, 7) is 5.98. The van der Waals surface area contributed by atoms with Crippen LogP contribution in [-0.4, -0.2) is 10.2 Å². The van der Waals surface area contributed by atoms with Gasteiger partial charge in [-0.2, -0.15) is 10.4 Å². The number of hydrogen-bond acceptors (Lipinski definition) is 4. The molecule has 3 N–H and O–H groups in total. The molecule has 0 radical (unpaired) electrons. The molecule has 1 aromatic heterocycles. The summed E-state index contributed by atoms with van der Waals surface area (Å²) in [6.07, 6.45) is 0. The van der Waals surface area contributed by atoms with Crippen molar-refractivity contribution in [1.29, 1.82) is 5.26 Å². The first-order chi connectivity index (χ1) is 10.9. The van der Waals surface area contributed by atoms with Crippen LogP contribution in [-0.2, 0) is 5.41 Å². The zero-order chi connectivity index (χ0) is 16.8. The average molecular weight is 329 g/mol. The molecule has 1 aliphatic rings. The van der Waals surface area contributed by atoms with Gasteiger partial charge >= 0.3 is 0 Å². The van der Waals surface area contributed by atoms with Crippen LogP contribution in [0.4, 0.5) is 0 Å². The molecular weight excluding hydrogens is 312 g/mol. The SMILES string of the molecule is Cc1n[nH]c2c1C(c1cccc(Cl)c1)(C(C)C)C(C#N)=C(N)O2. The second kappa shape index (κ2) is 5.32. The maximum Gasteiger partial charge on any atom is 0.222 e. The largest absolute Gasteiger partial charge is 0.422 e. The molecule has 6 heteroatoms. The molecule has 3 rings (SSSR count). The number of hydrogen-bond donors (Lipinski definition) is 2. The highest BCUT2D eigenvalue weighted by molar-refractivity contribution is 6.30. The zero-order valence-corrected chi connectivity index (χ0v) is 13.9. The minimum atomic E-state index is -0.756. The van der Waals surface area contributed by atoms with E-state index in [2.05, 4.69) is 16.3 Å². The number of rotatable bonds is 2. The summed E-state index contributed by atoms with van der Waals surface area (Å²) in [5, 5.41) is 17.5.